The van der Waals surface area contributed by atoms with E-state index >= 15 is 0 Å². The van der Waals surface area contributed by atoms with Crippen LogP contribution in [0.15, 0.2) is 17.5 Å². The molecule has 1 saturated heterocycles. The van der Waals surface area contributed by atoms with Gasteiger partial charge in [-0.15, -0.1) is 11.3 Å². The molecule has 1 aliphatic heterocycles. The van der Waals surface area contributed by atoms with Crippen LogP contribution in [0.1, 0.15) is 11.8 Å². The fraction of sp³-hybridized carbons (Fsp3) is 0.538. The number of carboxylic acids is 2. The smallest absolute Gasteiger partial charge is 0.414 e. The summed E-state index contributed by atoms with van der Waals surface area (Å²) in [5.41, 5.74) is 0. The van der Waals surface area contributed by atoms with E-state index in [0.29, 0.717) is 13.1 Å². The average molecular weight is 364 g/mol. The molecule has 1 fully saturated rings. The summed E-state index contributed by atoms with van der Waals surface area (Å²) in [4.78, 5) is 21.9. The highest BCUT2D eigenvalue weighted by Gasteiger charge is 2.25. The van der Waals surface area contributed by atoms with Gasteiger partial charge in [0, 0.05) is 37.6 Å². The predicted molar refractivity (Wildman–Crippen MR) is 85.9 cm³/mol. The zero-order valence-electron chi connectivity index (χ0n) is 12.7. The Morgan fingerprint density at radius 3 is 2.13 bits per heavy atom. The van der Waals surface area contributed by atoms with E-state index in [1.54, 1.807) is 22.6 Å². The molecule has 2 heterocycles. The Balaban J connectivity index is 0.000000379. The number of nitrogens with zero attached hydrogens (tertiary/aromatic N) is 2. The van der Waals surface area contributed by atoms with E-state index in [9.17, 15) is 8.42 Å². The van der Waals surface area contributed by atoms with Gasteiger partial charge in [0.15, 0.2) is 0 Å². The molecule has 130 valence electrons. The quantitative estimate of drug-likeness (QED) is 0.742. The van der Waals surface area contributed by atoms with Gasteiger partial charge in [-0.2, -0.15) is 4.31 Å². The normalized spacial score (nSPS) is 16.4. The van der Waals surface area contributed by atoms with Gasteiger partial charge >= 0.3 is 11.9 Å². The van der Waals surface area contributed by atoms with Gasteiger partial charge in [-0.05, 0) is 18.4 Å². The first kappa shape index (κ1) is 19.6. The minimum atomic E-state index is -3.00. The van der Waals surface area contributed by atoms with E-state index in [0.717, 1.165) is 19.6 Å². The van der Waals surface area contributed by atoms with Gasteiger partial charge in [-0.25, -0.2) is 18.0 Å². The third-order valence-corrected chi connectivity index (χ3v) is 5.97. The Kier molecular flexibility index (Phi) is 7.62. The molecule has 0 unspecified atom stereocenters. The molecule has 0 saturated carbocycles. The minimum absolute atomic E-state index is 0.206. The maximum Gasteiger partial charge on any atom is 0.414 e. The van der Waals surface area contributed by atoms with Crippen LogP contribution in [0, 0.1) is 0 Å². The molecule has 0 aliphatic carbocycles. The van der Waals surface area contributed by atoms with E-state index in [1.165, 1.54) is 4.88 Å². The zero-order valence-corrected chi connectivity index (χ0v) is 14.3. The lowest BCUT2D eigenvalue weighted by Gasteiger charge is -2.33. The molecule has 0 bridgehead atoms. The molecule has 0 radical (unpaired) electrons. The van der Waals surface area contributed by atoms with Gasteiger partial charge in [0.05, 0.1) is 5.75 Å². The summed E-state index contributed by atoms with van der Waals surface area (Å²) in [5.74, 6) is -3.44. The van der Waals surface area contributed by atoms with Gasteiger partial charge in [-0.1, -0.05) is 6.07 Å². The average Bonchev–Trinajstić information content (AvgIpc) is 3.01. The summed E-state index contributed by atoms with van der Waals surface area (Å²) in [6.45, 7) is 5.56. The van der Waals surface area contributed by atoms with Crippen LogP contribution < -0.4 is 0 Å². The van der Waals surface area contributed by atoms with E-state index in [4.69, 9.17) is 19.8 Å². The topological polar surface area (TPSA) is 115 Å². The number of carbonyl (C=O) groups is 2. The van der Waals surface area contributed by atoms with E-state index < -0.39 is 22.0 Å². The summed E-state index contributed by atoms with van der Waals surface area (Å²) in [6, 6.07) is 4.18. The summed E-state index contributed by atoms with van der Waals surface area (Å²) < 4.78 is 25.0. The van der Waals surface area contributed by atoms with Crippen molar-refractivity contribution in [3.63, 3.8) is 0 Å². The van der Waals surface area contributed by atoms with Gasteiger partial charge < -0.3 is 10.2 Å². The number of hydrogen-bond acceptors (Lipinski definition) is 6. The molecule has 0 amide bonds. The van der Waals surface area contributed by atoms with Crippen LogP contribution in [0.3, 0.4) is 0 Å². The van der Waals surface area contributed by atoms with Gasteiger partial charge in [0.25, 0.3) is 0 Å². The van der Waals surface area contributed by atoms with E-state index in [2.05, 4.69) is 22.4 Å². The molecule has 1 aliphatic rings. The number of carboxylic acid groups (broad SMARTS) is 2. The Labute approximate surface area is 139 Å². The number of hydrogen-bond donors (Lipinski definition) is 2. The molecule has 1 aromatic heterocycles. The molecule has 10 heteroatoms. The largest absolute Gasteiger partial charge is 0.473 e. The van der Waals surface area contributed by atoms with Crippen LogP contribution in [-0.4, -0.2) is 71.7 Å². The number of thiophene rings is 1. The fourth-order valence-electron chi connectivity index (χ4n) is 1.97. The number of sulfonamides is 1. The van der Waals surface area contributed by atoms with Crippen LogP contribution in [0.5, 0.6) is 0 Å². The van der Waals surface area contributed by atoms with Crippen molar-refractivity contribution in [3.05, 3.63) is 22.4 Å². The Bertz CT molecular complexity index is 594. The second-order valence-corrected chi connectivity index (χ2v) is 8.06. The van der Waals surface area contributed by atoms with Crippen LogP contribution in [0.4, 0.5) is 0 Å². The summed E-state index contributed by atoms with van der Waals surface area (Å²) in [6.07, 6.45) is 0. The predicted octanol–water partition coefficient (Wildman–Crippen LogP) is 0.371. The van der Waals surface area contributed by atoms with Crippen molar-refractivity contribution in [3.8, 4) is 0 Å². The molecule has 0 spiro atoms. The first-order valence-corrected chi connectivity index (χ1v) is 9.44. The van der Waals surface area contributed by atoms with Gasteiger partial charge in [-0.3, -0.25) is 4.90 Å². The molecule has 0 aromatic carbocycles. The highest BCUT2D eigenvalue weighted by atomic mass is 32.2. The molecular formula is C13H20N2O6S2. The monoisotopic (exact) mass is 364 g/mol. The Morgan fingerprint density at radius 2 is 1.74 bits per heavy atom. The standard InChI is InChI=1S/C11H18N2O2S2.C2H2O4/c1-2-17(14,15)13-7-5-12(6-8-13)10-11-4-3-9-16-11;3-1(4)2(5)6/h3-4,9H,2,5-8,10H2,1H3;(H,3,4)(H,5,6). The maximum absolute atomic E-state index is 11.7. The number of aliphatic carboxylic acids is 2. The molecule has 2 N–H and O–H groups in total. The second-order valence-electron chi connectivity index (χ2n) is 4.77. The lowest BCUT2D eigenvalue weighted by atomic mass is 10.3. The Morgan fingerprint density at radius 1 is 1.17 bits per heavy atom. The van der Waals surface area contributed by atoms with Crippen LogP contribution in [0.2, 0.25) is 0 Å². The second kappa shape index (κ2) is 8.96. The highest BCUT2D eigenvalue weighted by Crippen LogP contribution is 2.14. The fourth-order valence-corrected chi connectivity index (χ4v) is 3.80. The molecule has 0 atom stereocenters. The van der Waals surface area contributed by atoms with Crippen LogP contribution in [0.25, 0.3) is 0 Å². The van der Waals surface area contributed by atoms with Crippen molar-refractivity contribution >= 4 is 33.3 Å². The molecule has 23 heavy (non-hydrogen) atoms. The van der Waals surface area contributed by atoms with Crippen LogP contribution >= 0.6 is 11.3 Å². The molecule has 1 aromatic rings. The van der Waals surface area contributed by atoms with Gasteiger partial charge in [0.1, 0.15) is 0 Å². The van der Waals surface area contributed by atoms with Crippen molar-refractivity contribution in [2.75, 3.05) is 31.9 Å². The van der Waals surface area contributed by atoms with Crippen molar-refractivity contribution in [1.82, 2.24) is 9.21 Å². The lowest BCUT2D eigenvalue weighted by molar-refractivity contribution is -0.159. The van der Waals surface area contributed by atoms with Crippen molar-refractivity contribution in [2.45, 2.75) is 13.5 Å². The first-order valence-electron chi connectivity index (χ1n) is 6.95. The third-order valence-electron chi connectivity index (χ3n) is 3.23. The van der Waals surface area contributed by atoms with E-state index in [1.807, 2.05) is 0 Å². The van der Waals surface area contributed by atoms with Gasteiger partial charge in [0.2, 0.25) is 10.0 Å². The highest BCUT2D eigenvalue weighted by molar-refractivity contribution is 7.89. The van der Waals surface area contributed by atoms with Crippen molar-refractivity contribution < 1.29 is 28.2 Å². The zero-order chi connectivity index (χ0) is 17.5. The first-order chi connectivity index (χ1) is 10.8. The molecular weight excluding hydrogens is 344 g/mol. The van der Waals surface area contributed by atoms with Crippen LogP contribution in [-0.2, 0) is 26.2 Å². The SMILES string of the molecule is CCS(=O)(=O)N1CCN(Cc2cccs2)CC1.O=C(O)C(=O)O. The minimum Gasteiger partial charge on any atom is -0.473 e. The number of rotatable bonds is 4. The third kappa shape index (κ3) is 6.65. The van der Waals surface area contributed by atoms with Crippen molar-refractivity contribution in [1.29, 1.82) is 0 Å². The summed E-state index contributed by atoms with van der Waals surface area (Å²) in [5, 5.41) is 16.9. The summed E-state index contributed by atoms with van der Waals surface area (Å²) in [7, 11) is -3.00. The maximum atomic E-state index is 11.7. The summed E-state index contributed by atoms with van der Waals surface area (Å²) >= 11 is 1.75. The molecule has 2 rings (SSSR count). The number of piperazine rings is 1. The Hall–Kier alpha value is -1.49. The van der Waals surface area contributed by atoms with Crippen molar-refractivity contribution in [2.24, 2.45) is 0 Å². The molecule has 8 nitrogen and oxygen atoms in total. The lowest BCUT2D eigenvalue weighted by Crippen LogP contribution is -2.48. The van der Waals surface area contributed by atoms with E-state index in [-0.39, 0.29) is 5.75 Å².